The van der Waals surface area contributed by atoms with Gasteiger partial charge in [0, 0.05) is 11.1 Å². The van der Waals surface area contributed by atoms with Crippen LogP contribution in [0, 0.1) is 11.8 Å². The summed E-state index contributed by atoms with van der Waals surface area (Å²) in [5.74, 6) is 6.48. The molecule has 22 heavy (non-hydrogen) atoms. The van der Waals surface area contributed by atoms with Crippen LogP contribution >= 0.6 is 0 Å². The van der Waals surface area contributed by atoms with Crippen molar-refractivity contribution < 1.29 is 0 Å². The van der Waals surface area contributed by atoms with Crippen LogP contribution in [0.1, 0.15) is 30.5 Å². The van der Waals surface area contributed by atoms with Crippen molar-refractivity contribution in [1.29, 1.82) is 0 Å². The van der Waals surface area contributed by atoms with Gasteiger partial charge in [-0.2, -0.15) is 0 Å². The largest absolute Gasteiger partial charge is 0.0984 e. The quantitative estimate of drug-likeness (QED) is 0.463. The highest BCUT2D eigenvalue weighted by Gasteiger charge is 2.02. The summed E-state index contributed by atoms with van der Waals surface area (Å²) in [6.07, 6.45) is 9.35. The lowest BCUT2D eigenvalue weighted by atomic mass is 9.98. The minimum atomic E-state index is 0.902. The van der Waals surface area contributed by atoms with E-state index in [0.29, 0.717) is 0 Å². The summed E-state index contributed by atoms with van der Waals surface area (Å²) in [4.78, 5) is 0. The van der Waals surface area contributed by atoms with Crippen molar-refractivity contribution in [3.05, 3.63) is 96.2 Å². The summed E-state index contributed by atoms with van der Waals surface area (Å²) in [6.45, 7) is 19.5. The molecule has 0 spiro atoms. The van der Waals surface area contributed by atoms with E-state index in [9.17, 15) is 0 Å². The van der Waals surface area contributed by atoms with Crippen LogP contribution in [0.15, 0.2) is 79.5 Å². The molecular weight excluding hydrogens is 264 g/mol. The molecule has 0 bridgehead atoms. The first-order valence-electron chi connectivity index (χ1n) is 7.14. The lowest BCUT2D eigenvalue weighted by Gasteiger charge is -2.05. The maximum Gasteiger partial charge on any atom is 0.0393 e. The molecule has 0 saturated heterocycles. The predicted octanol–water partition coefficient (Wildman–Crippen LogP) is 5.96. The van der Waals surface area contributed by atoms with Crippen LogP contribution in [0.25, 0.3) is 12.2 Å². The fraction of sp³-hybridized carbons (Fsp3) is 0.0909. The topological polar surface area (TPSA) is 0 Å². The Morgan fingerprint density at radius 3 is 2.09 bits per heavy atom. The predicted molar refractivity (Wildman–Crippen MR) is 100 cm³/mol. The maximum atomic E-state index is 3.99. The van der Waals surface area contributed by atoms with Gasteiger partial charge < -0.3 is 0 Å². The molecule has 0 N–H and O–H groups in total. The smallest absolute Gasteiger partial charge is 0.0393 e. The van der Waals surface area contributed by atoms with Crippen molar-refractivity contribution in [2.24, 2.45) is 0 Å². The lowest BCUT2D eigenvalue weighted by Crippen LogP contribution is -1.89. The van der Waals surface area contributed by atoms with Crippen molar-refractivity contribution in [1.82, 2.24) is 0 Å². The Morgan fingerprint density at radius 2 is 1.68 bits per heavy atom. The zero-order valence-electron chi connectivity index (χ0n) is 13.4. The molecule has 1 aromatic carbocycles. The van der Waals surface area contributed by atoms with Crippen molar-refractivity contribution in [2.45, 2.75) is 13.8 Å². The average Bonchev–Trinajstić information content (AvgIpc) is 2.52. The van der Waals surface area contributed by atoms with Crippen LogP contribution in [0.5, 0.6) is 0 Å². The Balaban J connectivity index is 3.55. The third kappa shape index (κ3) is 4.11. The normalized spacial score (nSPS) is 11.2. The van der Waals surface area contributed by atoms with Crippen LogP contribution in [0.2, 0.25) is 0 Å². The third-order valence-corrected chi connectivity index (χ3v) is 3.18. The molecule has 0 aliphatic heterocycles. The standard InChI is InChI=1S/C22H22/c1-7-12-20(21(10-4)17(5)6)15-16-22-18(8-2)13-11-14-19(22)9-3/h7-14H,2-5H2,1,6H3/b12-7-,21-20+. The molecule has 0 unspecified atom stereocenters. The summed E-state index contributed by atoms with van der Waals surface area (Å²) >= 11 is 0. The number of hydrogen-bond acceptors (Lipinski definition) is 0. The highest BCUT2D eigenvalue weighted by atomic mass is 14.1. The Morgan fingerprint density at radius 1 is 1.09 bits per heavy atom. The summed E-state index contributed by atoms with van der Waals surface area (Å²) in [7, 11) is 0. The average molecular weight is 286 g/mol. The molecule has 0 aliphatic rings. The van der Waals surface area contributed by atoms with E-state index >= 15 is 0 Å². The molecule has 0 fully saturated rings. The molecule has 0 radical (unpaired) electrons. The second-order valence-electron chi connectivity index (χ2n) is 4.78. The van der Waals surface area contributed by atoms with Gasteiger partial charge in [-0.25, -0.2) is 0 Å². The van der Waals surface area contributed by atoms with Crippen LogP contribution in [-0.4, -0.2) is 0 Å². The molecule has 0 heteroatoms. The first kappa shape index (κ1) is 17.3. The SMILES string of the molecule is C=C/C(C(=C)C)=C(C#Cc1c(C=C)cccc1C=C)/C=C\C. The highest BCUT2D eigenvalue weighted by molar-refractivity contribution is 5.69. The molecule has 0 atom stereocenters. The van der Waals surface area contributed by atoms with Gasteiger partial charge in [0.25, 0.3) is 0 Å². The molecule has 1 rings (SSSR count). The second kappa shape index (κ2) is 8.49. The van der Waals surface area contributed by atoms with Gasteiger partial charge >= 0.3 is 0 Å². The Kier molecular flexibility index (Phi) is 6.67. The zero-order chi connectivity index (χ0) is 16.5. The van der Waals surface area contributed by atoms with E-state index in [1.54, 1.807) is 6.08 Å². The molecule has 1 aromatic rings. The van der Waals surface area contributed by atoms with Crippen LogP contribution < -0.4 is 0 Å². The van der Waals surface area contributed by atoms with E-state index < -0.39 is 0 Å². The van der Waals surface area contributed by atoms with Gasteiger partial charge in [-0.15, -0.1) is 0 Å². The van der Waals surface area contributed by atoms with Crippen LogP contribution in [0.4, 0.5) is 0 Å². The number of benzene rings is 1. The van der Waals surface area contributed by atoms with Crippen molar-refractivity contribution in [3.63, 3.8) is 0 Å². The third-order valence-electron chi connectivity index (χ3n) is 3.18. The summed E-state index contributed by atoms with van der Waals surface area (Å²) in [5.41, 5.74) is 5.74. The van der Waals surface area contributed by atoms with E-state index in [1.807, 2.05) is 56.4 Å². The number of hydrogen-bond donors (Lipinski definition) is 0. The molecule has 0 aliphatic carbocycles. The van der Waals surface area contributed by atoms with Gasteiger partial charge in [-0.1, -0.05) is 86.7 Å². The number of allylic oxidation sites excluding steroid dienone is 6. The van der Waals surface area contributed by atoms with Crippen LogP contribution in [-0.2, 0) is 0 Å². The first-order chi connectivity index (χ1) is 10.6. The lowest BCUT2D eigenvalue weighted by molar-refractivity contribution is 1.42. The molecule has 0 aromatic heterocycles. The van der Waals surface area contributed by atoms with Gasteiger partial charge in [-0.05, 0) is 36.1 Å². The highest BCUT2D eigenvalue weighted by Crippen LogP contribution is 2.18. The Hall–Kier alpha value is -2.78. The zero-order valence-corrected chi connectivity index (χ0v) is 13.4. The van der Waals surface area contributed by atoms with E-state index in [4.69, 9.17) is 0 Å². The Bertz CT molecular complexity index is 699. The summed E-state index contributed by atoms with van der Waals surface area (Å²) in [6, 6.07) is 5.97. The molecule has 0 saturated carbocycles. The van der Waals surface area contributed by atoms with Crippen molar-refractivity contribution in [2.75, 3.05) is 0 Å². The summed E-state index contributed by atoms with van der Waals surface area (Å²) in [5, 5.41) is 0. The molecule has 0 amide bonds. The minimum absolute atomic E-state index is 0.902. The van der Waals surface area contributed by atoms with E-state index in [-0.39, 0.29) is 0 Å². The first-order valence-corrected chi connectivity index (χ1v) is 7.14. The molecule has 0 heterocycles. The minimum Gasteiger partial charge on any atom is -0.0984 e. The molecule has 110 valence electrons. The van der Waals surface area contributed by atoms with E-state index in [1.165, 1.54) is 0 Å². The Labute approximate surface area is 134 Å². The van der Waals surface area contributed by atoms with E-state index in [2.05, 4.69) is 38.2 Å². The fourth-order valence-corrected chi connectivity index (χ4v) is 2.08. The van der Waals surface area contributed by atoms with Gasteiger partial charge in [0.1, 0.15) is 0 Å². The van der Waals surface area contributed by atoms with Gasteiger partial charge in [0.05, 0.1) is 0 Å². The fourth-order valence-electron chi connectivity index (χ4n) is 2.08. The van der Waals surface area contributed by atoms with Crippen LogP contribution in [0.3, 0.4) is 0 Å². The molecule has 0 nitrogen and oxygen atoms in total. The number of rotatable bonds is 5. The van der Waals surface area contributed by atoms with Gasteiger partial charge in [-0.3, -0.25) is 0 Å². The van der Waals surface area contributed by atoms with Crippen molar-refractivity contribution in [3.8, 4) is 11.8 Å². The van der Waals surface area contributed by atoms with Crippen molar-refractivity contribution >= 4 is 12.2 Å². The van der Waals surface area contributed by atoms with Gasteiger partial charge in [0.15, 0.2) is 0 Å². The van der Waals surface area contributed by atoms with E-state index in [0.717, 1.165) is 33.4 Å². The maximum absolute atomic E-state index is 3.99. The summed E-state index contributed by atoms with van der Waals surface area (Å²) < 4.78 is 0. The molecular formula is C22H22. The monoisotopic (exact) mass is 286 g/mol. The second-order valence-corrected chi connectivity index (χ2v) is 4.78. The van der Waals surface area contributed by atoms with Gasteiger partial charge in [0.2, 0.25) is 0 Å².